The van der Waals surface area contributed by atoms with Crippen LogP contribution in [0.15, 0.2) is 18.2 Å². The normalized spacial score (nSPS) is 12.3. The third-order valence-corrected chi connectivity index (χ3v) is 2.08. The number of phenolic OH excluding ortho intramolecular Hbond substituents is 2. The molecule has 0 saturated heterocycles. The standard InChI is InChI=1S/C10H13NO4/c11-8(2-4-10(14)15)7-5-6(12)1-3-9(7)13/h1,3,5,8,12-13H,2,4,11H2,(H,14,15). The van der Waals surface area contributed by atoms with Crippen LogP contribution in [0.1, 0.15) is 24.4 Å². The summed E-state index contributed by atoms with van der Waals surface area (Å²) in [6.45, 7) is 0. The van der Waals surface area contributed by atoms with E-state index >= 15 is 0 Å². The lowest BCUT2D eigenvalue weighted by Crippen LogP contribution is -2.12. The van der Waals surface area contributed by atoms with Crippen molar-refractivity contribution in [2.45, 2.75) is 18.9 Å². The van der Waals surface area contributed by atoms with Gasteiger partial charge in [0.25, 0.3) is 0 Å². The lowest BCUT2D eigenvalue weighted by Gasteiger charge is -2.12. The molecule has 0 heterocycles. The summed E-state index contributed by atoms with van der Waals surface area (Å²) in [7, 11) is 0. The fourth-order valence-electron chi connectivity index (χ4n) is 1.27. The number of hydrogen-bond acceptors (Lipinski definition) is 4. The summed E-state index contributed by atoms with van der Waals surface area (Å²) in [5.41, 5.74) is 6.04. The Morgan fingerprint density at radius 3 is 2.67 bits per heavy atom. The van der Waals surface area contributed by atoms with Gasteiger partial charge in [-0.05, 0) is 24.6 Å². The summed E-state index contributed by atoms with van der Waals surface area (Å²) < 4.78 is 0. The Bertz CT molecular complexity index is 364. The van der Waals surface area contributed by atoms with Gasteiger partial charge >= 0.3 is 5.97 Å². The molecule has 0 aliphatic carbocycles. The zero-order valence-electron chi connectivity index (χ0n) is 8.05. The largest absolute Gasteiger partial charge is 0.508 e. The van der Waals surface area contributed by atoms with Crippen molar-refractivity contribution in [2.75, 3.05) is 0 Å². The average Bonchev–Trinajstić information content (AvgIpc) is 2.18. The topological polar surface area (TPSA) is 104 Å². The maximum Gasteiger partial charge on any atom is 0.303 e. The van der Waals surface area contributed by atoms with Gasteiger partial charge in [-0.25, -0.2) is 0 Å². The second kappa shape index (κ2) is 4.65. The number of aromatic hydroxyl groups is 2. The maximum atomic E-state index is 10.3. The smallest absolute Gasteiger partial charge is 0.303 e. The summed E-state index contributed by atoms with van der Waals surface area (Å²) >= 11 is 0. The van der Waals surface area contributed by atoms with Crippen molar-refractivity contribution in [3.8, 4) is 11.5 Å². The van der Waals surface area contributed by atoms with Crippen molar-refractivity contribution in [3.63, 3.8) is 0 Å². The minimum absolute atomic E-state index is 0.00595. The molecule has 0 aliphatic heterocycles. The molecule has 0 fully saturated rings. The van der Waals surface area contributed by atoms with E-state index in [0.29, 0.717) is 5.56 Å². The van der Waals surface area contributed by atoms with Gasteiger partial charge in [-0.15, -0.1) is 0 Å². The van der Waals surface area contributed by atoms with Crippen LogP contribution in [-0.4, -0.2) is 21.3 Å². The van der Waals surface area contributed by atoms with E-state index in [1.807, 2.05) is 0 Å². The minimum Gasteiger partial charge on any atom is -0.508 e. The minimum atomic E-state index is -0.940. The first-order chi connectivity index (χ1) is 7.00. The first-order valence-corrected chi connectivity index (χ1v) is 4.50. The predicted octanol–water partition coefficient (Wildman–Crippen LogP) is 0.962. The molecule has 0 aliphatic rings. The summed E-state index contributed by atoms with van der Waals surface area (Å²) in [6, 6.07) is 3.41. The Balaban J connectivity index is 2.76. The molecule has 1 atom stereocenters. The van der Waals surface area contributed by atoms with E-state index in [-0.39, 0.29) is 24.3 Å². The van der Waals surface area contributed by atoms with Crippen LogP contribution in [0.2, 0.25) is 0 Å². The average molecular weight is 211 g/mol. The van der Waals surface area contributed by atoms with E-state index in [1.54, 1.807) is 0 Å². The Hall–Kier alpha value is -1.75. The highest BCUT2D eigenvalue weighted by Crippen LogP contribution is 2.28. The van der Waals surface area contributed by atoms with Crippen LogP contribution >= 0.6 is 0 Å². The molecule has 0 spiro atoms. The van der Waals surface area contributed by atoms with Gasteiger partial charge in [0, 0.05) is 18.0 Å². The Labute approximate surface area is 86.8 Å². The molecule has 0 bridgehead atoms. The van der Waals surface area contributed by atoms with Crippen LogP contribution in [0.3, 0.4) is 0 Å². The second-order valence-electron chi connectivity index (χ2n) is 3.28. The molecule has 1 aromatic rings. The molecule has 0 saturated carbocycles. The highest BCUT2D eigenvalue weighted by Gasteiger charge is 2.13. The van der Waals surface area contributed by atoms with Gasteiger partial charge in [-0.1, -0.05) is 0 Å². The third-order valence-electron chi connectivity index (χ3n) is 2.08. The van der Waals surface area contributed by atoms with E-state index in [9.17, 15) is 15.0 Å². The third kappa shape index (κ3) is 3.14. The maximum absolute atomic E-state index is 10.3. The molecule has 1 rings (SSSR count). The number of carboxylic acid groups (broad SMARTS) is 1. The molecule has 0 radical (unpaired) electrons. The van der Waals surface area contributed by atoms with Gasteiger partial charge in [0.05, 0.1) is 0 Å². The Kier molecular flexibility index (Phi) is 3.51. The van der Waals surface area contributed by atoms with Crippen LogP contribution in [-0.2, 0) is 4.79 Å². The number of rotatable bonds is 4. The Morgan fingerprint density at radius 2 is 2.07 bits per heavy atom. The fourth-order valence-corrected chi connectivity index (χ4v) is 1.27. The van der Waals surface area contributed by atoms with Gasteiger partial charge in [-0.3, -0.25) is 4.79 Å². The van der Waals surface area contributed by atoms with Crippen LogP contribution < -0.4 is 5.73 Å². The first-order valence-electron chi connectivity index (χ1n) is 4.50. The number of benzene rings is 1. The number of carboxylic acids is 1. The number of hydrogen-bond donors (Lipinski definition) is 4. The molecule has 5 heteroatoms. The molecule has 0 aromatic heterocycles. The number of carbonyl (C=O) groups is 1. The van der Waals surface area contributed by atoms with Crippen molar-refractivity contribution in [2.24, 2.45) is 5.73 Å². The fraction of sp³-hybridized carbons (Fsp3) is 0.300. The van der Waals surface area contributed by atoms with Crippen molar-refractivity contribution in [1.29, 1.82) is 0 Å². The summed E-state index contributed by atoms with van der Waals surface area (Å²) in [4.78, 5) is 10.3. The van der Waals surface area contributed by atoms with E-state index in [1.165, 1.54) is 18.2 Å². The lowest BCUT2D eigenvalue weighted by molar-refractivity contribution is -0.137. The molecule has 82 valence electrons. The van der Waals surface area contributed by atoms with E-state index in [2.05, 4.69) is 0 Å². The molecule has 5 N–H and O–H groups in total. The summed E-state index contributed by atoms with van der Waals surface area (Å²) in [6.07, 6.45) is 0.141. The highest BCUT2D eigenvalue weighted by molar-refractivity contribution is 5.66. The first kappa shape index (κ1) is 11.3. The SMILES string of the molecule is NC(CCC(=O)O)c1cc(O)ccc1O. The van der Waals surface area contributed by atoms with E-state index < -0.39 is 12.0 Å². The monoisotopic (exact) mass is 211 g/mol. The van der Waals surface area contributed by atoms with Gasteiger partial charge in [0.2, 0.25) is 0 Å². The molecule has 15 heavy (non-hydrogen) atoms. The van der Waals surface area contributed by atoms with Gasteiger partial charge < -0.3 is 21.1 Å². The van der Waals surface area contributed by atoms with E-state index in [4.69, 9.17) is 10.8 Å². The van der Waals surface area contributed by atoms with E-state index in [0.717, 1.165) is 0 Å². The molecular formula is C10H13NO4. The summed E-state index contributed by atoms with van der Waals surface area (Å²) in [5, 5.41) is 27.1. The highest BCUT2D eigenvalue weighted by atomic mass is 16.4. The molecule has 5 nitrogen and oxygen atoms in total. The molecular weight excluding hydrogens is 198 g/mol. The van der Waals surface area contributed by atoms with Crippen LogP contribution in [0.5, 0.6) is 11.5 Å². The molecule has 0 amide bonds. The van der Waals surface area contributed by atoms with Crippen molar-refractivity contribution < 1.29 is 20.1 Å². The second-order valence-corrected chi connectivity index (χ2v) is 3.28. The van der Waals surface area contributed by atoms with Crippen molar-refractivity contribution >= 4 is 5.97 Å². The number of aliphatic carboxylic acids is 1. The van der Waals surface area contributed by atoms with Crippen molar-refractivity contribution in [1.82, 2.24) is 0 Å². The van der Waals surface area contributed by atoms with Crippen LogP contribution in [0.25, 0.3) is 0 Å². The molecule has 1 aromatic carbocycles. The van der Waals surface area contributed by atoms with Crippen molar-refractivity contribution in [3.05, 3.63) is 23.8 Å². The molecule has 1 unspecified atom stereocenters. The van der Waals surface area contributed by atoms with Crippen LogP contribution in [0.4, 0.5) is 0 Å². The number of phenols is 2. The van der Waals surface area contributed by atoms with Gasteiger partial charge in [0.15, 0.2) is 0 Å². The zero-order chi connectivity index (χ0) is 11.4. The van der Waals surface area contributed by atoms with Gasteiger partial charge in [-0.2, -0.15) is 0 Å². The van der Waals surface area contributed by atoms with Gasteiger partial charge in [0.1, 0.15) is 11.5 Å². The number of nitrogens with two attached hydrogens (primary N) is 1. The zero-order valence-corrected chi connectivity index (χ0v) is 8.05. The lowest BCUT2D eigenvalue weighted by atomic mass is 10.0. The quantitative estimate of drug-likeness (QED) is 0.555. The Morgan fingerprint density at radius 1 is 1.40 bits per heavy atom. The summed E-state index contributed by atoms with van der Waals surface area (Å²) in [5.74, 6) is -0.982. The van der Waals surface area contributed by atoms with Crippen LogP contribution in [0, 0.1) is 0 Å². The predicted molar refractivity (Wildman–Crippen MR) is 53.6 cm³/mol.